The van der Waals surface area contributed by atoms with Gasteiger partial charge in [0, 0.05) is 18.1 Å². The summed E-state index contributed by atoms with van der Waals surface area (Å²) in [5.74, 6) is 0.617. The first-order valence-corrected chi connectivity index (χ1v) is 8.68. The van der Waals surface area contributed by atoms with E-state index in [9.17, 15) is 9.59 Å². The molecule has 0 aliphatic heterocycles. The smallest absolute Gasteiger partial charge is 0.308 e. The topological polar surface area (TPSA) is 52.6 Å². The van der Waals surface area contributed by atoms with Crippen molar-refractivity contribution in [2.75, 3.05) is 7.11 Å². The van der Waals surface area contributed by atoms with Crippen molar-refractivity contribution in [3.63, 3.8) is 0 Å². The minimum atomic E-state index is -0.398. The zero-order valence-corrected chi connectivity index (χ0v) is 15.7. The summed E-state index contributed by atoms with van der Waals surface area (Å²) in [6, 6.07) is 11.2. The second-order valence-corrected chi connectivity index (χ2v) is 5.87. The van der Waals surface area contributed by atoms with Crippen LogP contribution in [-0.4, -0.2) is 19.4 Å². The molecule has 0 saturated carbocycles. The lowest BCUT2D eigenvalue weighted by Crippen LogP contribution is -2.02. The summed E-state index contributed by atoms with van der Waals surface area (Å²) in [5, 5.41) is 0. The first kappa shape index (κ1) is 19.4. The Hall–Kier alpha value is -2.88. The monoisotopic (exact) mass is 352 g/mol. The highest BCUT2D eigenvalue weighted by Gasteiger charge is 2.13. The molecule has 0 bridgehead atoms. The van der Waals surface area contributed by atoms with E-state index in [0.29, 0.717) is 22.6 Å². The van der Waals surface area contributed by atoms with Crippen LogP contribution in [0.5, 0.6) is 11.5 Å². The summed E-state index contributed by atoms with van der Waals surface area (Å²) in [6.45, 7) is 5.49. The van der Waals surface area contributed by atoms with Crippen LogP contribution in [0, 0.1) is 0 Å². The number of aryl methyl sites for hydroxylation is 2. The summed E-state index contributed by atoms with van der Waals surface area (Å²) >= 11 is 0. The fourth-order valence-electron chi connectivity index (χ4n) is 3.00. The van der Waals surface area contributed by atoms with Gasteiger partial charge in [-0.2, -0.15) is 0 Å². The van der Waals surface area contributed by atoms with E-state index in [4.69, 9.17) is 9.47 Å². The summed E-state index contributed by atoms with van der Waals surface area (Å²) in [4.78, 5) is 23.1. The molecule has 2 rings (SSSR count). The van der Waals surface area contributed by atoms with Gasteiger partial charge in [-0.15, -0.1) is 0 Å². The molecule has 4 heteroatoms. The summed E-state index contributed by atoms with van der Waals surface area (Å²) in [5.41, 5.74) is 4.47. The molecule has 0 unspecified atom stereocenters. The van der Waals surface area contributed by atoms with Crippen LogP contribution in [0.1, 0.15) is 43.0 Å². The second-order valence-electron chi connectivity index (χ2n) is 5.87. The van der Waals surface area contributed by atoms with Gasteiger partial charge in [0.05, 0.1) is 7.11 Å². The molecular formula is C22H24O4. The molecule has 0 radical (unpaired) electrons. The van der Waals surface area contributed by atoms with E-state index in [1.807, 2.05) is 18.2 Å². The fourth-order valence-corrected chi connectivity index (χ4v) is 3.00. The number of aldehydes is 1. The molecule has 0 aliphatic rings. The van der Waals surface area contributed by atoms with Gasteiger partial charge in [-0.3, -0.25) is 9.59 Å². The van der Waals surface area contributed by atoms with Gasteiger partial charge in [-0.25, -0.2) is 0 Å². The Balaban J connectivity index is 2.63. The lowest BCUT2D eigenvalue weighted by atomic mass is 9.91. The second kappa shape index (κ2) is 8.99. The summed E-state index contributed by atoms with van der Waals surface area (Å²) < 4.78 is 10.6. The number of benzene rings is 2. The molecule has 0 atom stereocenters. The number of rotatable bonds is 7. The highest BCUT2D eigenvalue weighted by atomic mass is 16.5. The van der Waals surface area contributed by atoms with Gasteiger partial charge in [0.2, 0.25) is 0 Å². The van der Waals surface area contributed by atoms with Crippen molar-refractivity contribution in [3.8, 4) is 11.5 Å². The van der Waals surface area contributed by atoms with Crippen LogP contribution in [0.4, 0.5) is 0 Å². The number of ether oxygens (including phenoxy) is 2. The van der Waals surface area contributed by atoms with Crippen molar-refractivity contribution in [3.05, 3.63) is 58.7 Å². The minimum absolute atomic E-state index is 0.398. The molecule has 0 fully saturated rings. The van der Waals surface area contributed by atoms with Crippen molar-refractivity contribution >= 4 is 23.9 Å². The highest BCUT2D eigenvalue weighted by Crippen LogP contribution is 2.31. The first-order valence-electron chi connectivity index (χ1n) is 8.68. The predicted molar refractivity (Wildman–Crippen MR) is 103 cm³/mol. The molecule has 4 nitrogen and oxygen atoms in total. The van der Waals surface area contributed by atoms with Crippen molar-refractivity contribution < 1.29 is 19.1 Å². The Kier molecular flexibility index (Phi) is 6.73. The lowest BCUT2D eigenvalue weighted by molar-refractivity contribution is -0.131. The van der Waals surface area contributed by atoms with Gasteiger partial charge >= 0.3 is 5.97 Å². The predicted octanol–water partition coefficient (Wildman–Crippen LogP) is 4.48. The Morgan fingerprint density at radius 1 is 1.08 bits per heavy atom. The standard InChI is InChI=1S/C22H24O4/c1-5-16-8-7-9-17(6-2)22(16)19(14-23)12-18-13-20(26-15(3)24)10-11-21(18)25-4/h7-14H,5-6H2,1-4H3/b19-12+. The fraction of sp³-hybridized carbons (Fsp3) is 0.273. The Morgan fingerprint density at radius 3 is 2.23 bits per heavy atom. The van der Waals surface area contributed by atoms with E-state index in [-0.39, 0.29) is 0 Å². The Bertz CT molecular complexity index is 812. The van der Waals surface area contributed by atoms with Crippen molar-refractivity contribution in [1.29, 1.82) is 0 Å². The van der Waals surface area contributed by atoms with Crippen molar-refractivity contribution in [2.45, 2.75) is 33.6 Å². The van der Waals surface area contributed by atoms with Crippen LogP contribution in [0.15, 0.2) is 36.4 Å². The Morgan fingerprint density at radius 2 is 1.73 bits per heavy atom. The molecule has 0 aromatic heterocycles. The van der Waals surface area contributed by atoms with Crippen LogP contribution in [-0.2, 0) is 22.4 Å². The molecule has 136 valence electrons. The van der Waals surface area contributed by atoms with E-state index < -0.39 is 5.97 Å². The molecular weight excluding hydrogens is 328 g/mol. The molecule has 2 aromatic rings. The molecule has 26 heavy (non-hydrogen) atoms. The van der Waals surface area contributed by atoms with Gasteiger partial charge in [-0.05, 0) is 53.8 Å². The SMILES string of the molecule is CCc1cccc(CC)c1/C(C=O)=C/c1cc(OC(C)=O)ccc1OC. The van der Waals surface area contributed by atoms with E-state index in [0.717, 1.165) is 35.8 Å². The number of carbonyl (C=O) groups is 2. The largest absolute Gasteiger partial charge is 0.496 e. The molecule has 0 saturated heterocycles. The first-order chi connectivity index (χ1) is 12.5. The van der Waals surface area contributed by atoms with Gasteiger partial charge in [0.1, 0.15) is 11.5 Å². The van der Waals surface area contributed by atoms with E-state index >= 15 is 0 Å². The number of allylic oxidation sites excluding steroid dienone is 1. The number of esters is 1. The summed E-state index contributed by atoms with van der Waals surface area (Å²) in [7, 11) is 1.57. The van der Waals surface area contributed by atoms with E-state index in [2.05, 4.69) is 13.8 Å². The lowest BCUT2D eigenvalue weighted by Gasteiger charge is -2.14. The molecule has 2 aromatic carbocycles. The third kappa shape index (κ3) is 4.39. The van der Waals surface area contributed by atoms with Crippen LogP contribution < -0.4 is 9.47 Å². The average molecular weight is 352 g/mol. The van der Waals surface area contributed by atoms with Crippen LogP contribution in [0.3, 0.4) is 0 Å². The van der Waals surface area contributed by atoms with Gasteiger partial charge in [0.15, 0.2) is 6.29 Å². The van der Waals surface area contributed by atoms with Gasteiger partial charge < -0.3 is 9.47 Å². The molecule has 0 amide bonds. The number of carbonyl (C=O) groups excluding carboxylic acids is 2. The number of hydrogen-bond acceptors (Lipinski definition) is 4. The maximum absolute atomic E-state index is 11.9. The third-order valence-corrected chi connectivity index (χ3v) is 4.19. The van der Waals surface area contributed by atoms with Crippen molar-refractivity contribution in [2.24, 2.45) is 0 Å². The van der Waals surface area contributed by atoms with Crippen molar-refractivity contribution in [1.82, 2.24) is 0 Å². The van der Waals surface area contributed by atoms with Gasteiger partial charge in [0.25, 0.3) is 0 Å². The zero-order chi connectivity index (χ0) is 19.1. The molecule has 0 spiro atoms. The number of hydrogen-bond donors (Lipinski definition) is 0. The minimum Gasteiger partial charge on any atom is -0.496 e. The van der Waals surface area contributed by atoms with Crippen LogP contribution in [0.2, 0.25) is 0 Å². The van der Waals surface area contributed by atoms with Crippen LogP contribution >= 0.6 is 0 Å². The maximum Gasteiger partial charge on any atom is 0.308 e. The van der Waals surface area contributed by atoms with E-state index in [1.54, 1.807) is 31.4 Å². The maximum atomic E-state index is 11.9. The van der Waals surface area contributed by atoms with Gasteiger partial charge in [-0.1, -0.05) is 32.0 Å². The zero-order valence-electron chi connectivity index (χ0n) is 15.7. The molecule has 0 aliphatic carbocycles. The van der Waals surface area contributed by atoms with Crippen LogP contribution in [0.25, 0.3) is 11.6 Å². The quantitative estimate of drug-likeness (QED) is 0.242. The normalized spacial score (nSPS) is 11.2. The molecule has 0 N–H and O–H groups in total. The summed E-state index contributed by atoms with van der Waals surface area (Å²) in [6.07, 6.45) is 4.32. The number of methoxy groups -OCH3 is 1. The Labute approximate surface area is 154 Å². The average Bonchev–Trinajstić information content (AvgIpc) is 2.65. The highest BCUT2D eigenvalue weighted by molar-refractivity contribution is 6.14. The third-order valence-electron chi connectivity index (χ3n) is 4.19. The molecule has 0 heterocycles. The van der Waals surface area contributed by atoms with E-state index in [1.165, 1.54) is 6.92 Å².